The molecule has 7 heteroatoms. The largest absolute Gasteiger partial charge is 0.481 e. The van der Waals surface area contributed by atoms with Crippen LogP contribution in [-0.4, -0.2) is 23.7 Å². The SMILES string of the molecule is CC(CCC(=O)O)CNC(=O)NCc1cc(Br)cs1. The second-order valence-corrected chi connectivity index (χ2v) is 6.24. The van der Waals surface area contributed by atoms with Gasteiger partial charge >= 0.3 is 12.0 Å². The number of aliphatic carboxylic acids is 1. The first-order chi connectivity index (χ1) is 8.97. The summed E-state index contributed by atoms with van der Waals surface area (Å²) in [7, 11) is 0. The number of nitrogens with one attached hydrogen (secondary N) is 2. The summed E-state index contributed by atoms with van der Waals surface area (Å²) >= 11 is 4.92. The fourth-order valence-electron chi connectivity index (χ4n) is 1.42. The van der Waals surface area contributed by atoms with Crippen LogP contribution < -0.4 is 10.6 Å². The maximum Gasteiger partial charge on any atom is 0.315 e. The van der Waals surface area contributed by atoms with E-state index in [1.807, 2.05) is 18.4 Å². The number of halogens is 1. The first-order valence-corrected chi connectivity index (χ1v) is 7.61. The Kier molecular flexibility index (Phi) is 6.86. The zero-order valence-corrected chi connectivity index (χ0v) is 13.0. The maximum absolute atomic E-state index is 11.5. The number of carbonyl (C=O) groups excluding carboxylic acids is 1. The highest BCUT2D eigenvalue weighted by molar-refractivity contribution is 9.10. The molecule has 0 aromatic carbocycles. The summed E-state index contributed by atoms with van der Waals surface area (Å²) in [6.07, 6.45) is 0.696. The normalized spacial score (nSPS) is 11.9. The lowest BCUT2D eigenvalue weighted by Gasteiger charge is -2.11. The molecule has 5 nitrogen and oxygen atoms in total. The summed E-state index contributed by atoms with van der Waals surface area (Å²) in [6, 6.07) is 1.73. The minimum Gasteiger partial charge on any atom is -0.481 e. The van der Waals surface area contributed by atoms with Crippen LogP contribution in [0.1, 0.15) is 24.6 Å². The molecule has 0 saturated carbocycles. The zero-order valence-electron chi connectivity index (χ0n) is 10.6. The molecule has 0 saturated heterocycles. The molecule has 1 rings (SSSR count). The predicted molar refractivity (Wildman–Crippen MR) is 78.3 cm³/mol. The van der Waals surface area contributed by atoms with Crippen molar-refractivity contribution in [2.24, 2.45) is 5.92 Å². The minimum absolute atomic E-state index is 0.133. The Morgan fingerprint density at radius 2 is 2.21 bits per heavy atom. The molecule has 0 aliphatic rings. The topological polar surface area (TPSA) is 78.4 Å². The van der Waals surface area contributed by atoms with Crippen molar-refractivity contribution in [1.29, 1.82) is 0 Å². The Morgan fingerprint density at radius 1 is 1.47 bits per heavy atom. The first-order valence-electron chi connectivity index (χ1n) is 5.93. The molecule has 0 aliphatic carbocycles. The van der Waals surface area contributed by atoms with Crippen molar-refractivity contribution in [2.75, 3.05) is 6.54 Å². The lowest BCUT2D eigenvalue weighted by atomic mass is 10.1. The van der Waals surface area contributed by atoms with Crippen molar-refractivity contribution in [3.05, 3.63) is 20.8 Å². The van der Waals surface area contributed by atoms with E-state index in [1.165, 1.54) is 0 Å². The number of carboxylic acids is 1. The van der Waals surface area contributed by atoms with Gasteiger partial charge in [-0.15, -0.1) is 11.3 Å². The second kappa shape index (κ2) is 8.16. The summed E-state index contributed by atoms with van der Waals surface area (Å²) in [5.74, 6) is -0.655. The molecule has 1 aromatic rings. The molecule has 1 atom stereocenters. The van der Waals surface area contributed by atoms with Crippen molar-refractivity contribution in [2.45, 2.75) is 26.3 Å². The van der Waals surface area contributed by atoms with Gasteiger partial charge in [0, 0.05) is 27.7 Å². The molecule has 0 spiro atoms. The van der Waals surface area contributed by atoms with Crippen molar-refractivity contribution >= 4 is 39.3 Å². The van der Waals surface area contributed by atoms with Gasteiger partial charge in [-0.2, -0.15) is 0 Å². The third-order valence-corrected chi connectivity index (χ3v) is 4.20. The summed E-state index contributed by atoms with van der Waals surface area (Å²) in [6.45, 7) is 2.89. The highest BCUT2D eigenvalue weighted by atomic mass is 79.9. The van der Waals surface area contributed by atoms with Gasteiger partial charge in [-0.25, -0.2) is 4.79 Å². The number of hydrogen-bond donors (Lipinski definition) is 3. The van der Waals surface area contributed by atoms with E-state index in [0.29, 0.717) is 19.5 Å². The van der Waals surface area contributed by atoms with Crippen molar-refractivity contribution in [1.82, 2.24) is 10.6 Å². The second-order valence-electron chi connectivity index (χ2n) is 4.33. The molecule has 0 fully saturated rings. The van der Waals surface area contributed by atoms with Crippen LogP contribution in [-0.2, 0) is 11.3 Å². The van der Waals surface area contributed by atoms with Gasteiger partial charge in [0.1, 0.15) is 0 Å². The van der Waals surface area contributed by atoms with Crippen LogP contribution in [0, 0.1) is 5.92 Å². The Balaban J connectivity index is 2.15. The summed E-state index contributed by atoms with van der Waals surface area (Å²) in [5, 5.41) is 16.0. The summed E-state index contributed by atoms with van der Waals surface area (Å²) < 4.78 is 1.01. The number of carboxylic acid groups (broad SMARTS) is 1. The number of amides is 2. The van der Waals surface area contributed by atoms with Crippen molar-refractivity contribution in [3.63, 3.8) is 0 Å². The molecule has 19 heavy (non-hydrogen) atoms. The fraction of sp³-hybridized carbons (Fsp3) is 0.500. The minimum atomic E-state index is -0.806. The average molecular weight is 349 g/mol. The summed E-state index contributed by atoms with van der Waals surface area (Å²) in [5.41, 5.74) is 0. The van der Waals surface area contributed by atoms with E-state index in [2.05, 4.69) is 26.6 Å². The molecule has 0 bridgehead atoms. The third-order valence-electron chi connectivity index (χ3n) is 2.51. The van der Waals surface area contributed by atoms with E-state index in [4.69, 9.17) is 5.11 Å². The van der Waals surface area contributed by atoms with Crippen LogP contribution in [0.3, 0.4) is 0 Å². The molecule has 1 aromatic heterocycles. The highest BCUT2D eigenvalue weighted by Crippen LogP contribution is 2.19. The number of thiophene rings is 1. The van der Waals surface area contributed by atoms with Gasteiger partial charge in [0.05, 0.1) is 6.54 Å². The molecule has 0 radical (unpaired) electrons. The van der Waals surface area contributed by atoms with E-state index >= 15 is 0 Å². The molecule has 1 heterocycles. The van der Waals surface area contributed by atoms with E-state index in [-0.39, 0.29) is 18.4 Å². The smallest absolute Gasteiger partial charge is 0.315 e. The van der Waals surface area contributed by atoms with Gasteiger partial charge < -0.3 is 15.7 Å². The monoisotopic (exact) mass is 348 g/mol. The van der Waals surface area contributed by atoms with E-state index < -0.39 is 5.97 Å². The number of rotatable bonds is 7. The Labute approximate surface area is 124 Å². The lowest BCUT2D eigenvalue weighted by molar-refractivity contribution is -0.137. The lowest BCUT2D eigenvalue weighted by Crippen LogP contribution is -2.37. The van der Waals surface area contributed by atoms with Gasteiger partial charge in [-0.3, -0.25) is 4.79 Å². The van der Waals surface area contributed by atoms with Gasteiger partial charge in [0.15, 0.2) is 0 Å². The third kappa shape index (κ3) is 7.17. The fourth-order valence-corrected chi connectivity index (χ4v) is 2.81. The van der Waals surface area contributed by atoms with Crippen LogP contribution in [0.2, 0.25) is 0 Å². The number of hydrogen-bond acceptors (Lipinski definition) is 3. The summed E-state index contributed by atoms with van der Waals surface area (Å²) in [4.78, 5) is 23.0. The Bertz CT molecular complexity index is 436. The maximum atomic E-state index is 11.5. The van der Waals surface area contributed by atoms with Gasteiger partial charge in [-0.05, 0) is 34.3 Å². The Hall–Kier alpha value is -1.08. The first kappa shape index (κ1) is 16.0. The van der Waals surface area contributed by atoms with E-state index in [9.17, 15) is 9.59 Å². The standard InChI is InChI=1S/C12H17BrN2O3S/c1-8(2-3-11(16)17)5-14-12(18)15-6-10-4-9(13)7-19-10/h4,7-8H,2-3,5-6H2,1H3,(H,16,17)(H2,14,15,18). The van der Waals surface area contributed by atoms with Gasteiger partial charge in [0.25, 0.3) is 0 Å². The van der Waals surface area contributed by atoms with Crippen LogP contribution in [0.25, 0.3) is 0 Å². The molecule has 1 unspecified atom stereocenters. The number of carbonyl (C=O) groups is 2. The van der Waals surface area contributed by atoms with E-state index in [0.717, 1.165) is 9.35 Å². The van der Waals surface area contributed by atoms with Crippen molar-refractivity contribution in [3.8, 4) is 0 Å². The average Bonchev–Trinajstić information content (AvgIpc) is 2.77. The van der Waals surface area contributed by atoms with Crippen LogP contribution in [0.5, 0.6) is 0 Å². The van der Waals surface area contributed by atoms with Crippen molar-refractivity contribution < 1.29 is 14.7 Å². The van der Waals surface area contributed by atoms with Gasteiger partial charge in [0.2, 0.25) is 0 Å². The number of urea groups is 1. The molecule has 0 aliphatic heterocycles. The van der Waals surface area contributed by atoms with Crippen LogP contribution in [0.15, 0.2) is 15.9 Å². The molecule has 106 valence electrons. The molecule has 3 N–H and O–H groups in total. The Morgan fingerprint density at radius 3 is 2.79 bits per heavy atom. The highest BCUT2D eigenvalue weighted by Gasteiger charge is 2.07. The van der Waals surface area contributed by atoms with Crippen LogP contribution >= 0.6 is 27.3 Å². The predicted octanol–water partition coefficient (Wildman–Crippen LogP) is 2.81. The van der Waals surface area contributed by atoms with Gasteiger partial charge in [-0.1, -0.05) is 6.92 Å². The van der Waals surface area contributed by atoms with E-state index in [1.54, 1.807) is 11.3 Å². The molecule has 2 amide bonds. The molecular weight excluding hydrogens is 332 g/mol. The zero-order chi connectivity index (χ0) is 14.3. The quantitative estimate of drug-likeness (QED) is 0.708. The van der Waals surface area contributed by atoms with Crippen LogP contribution in [0.4, 0.5) is 4.79 Å². The molecular formula is C12H17BrN2O3S.